The summed E-state index contributed by atoms with van der Waals surface area (Å²) in [6.07, 6.45) is 1.71. The molecule has 0 amide bonds. The summed E-state index contributed by atoms with van der Waals surface area (Å²) in [5, 5.41) is 8.04. The summed E-state index contributed by atoms with van der Waals surface area (Å²) in [7, 11) is 0. The molecule has 110 valence electrons. The number of rotatable bonds is 2. The lowest BCUT2D eigenvalue weighted by molar-refractivity contribution is 0.628. The van der Waals surface area contributed by atoms with Gasteiger partial charge in [-0.15, -0.1) is 10.2 Å². The van der Waals surface area contributed by atoms with E-state index < -0.39 is 0 Å². The Balaban J connectivity index is 2.24. The molecule has 3 rings (SSSR count). The van der Waals surface area contributed by atoms with E-state index in [9.17, 15) is 4.39 Å². The van der Waals surface area contributed by atoms with Crippen molar-refractivity contribution in [1.29, 1.82) is 0 Å². The van der Waals surface area contributed by atoms with Crippen molar-refractivity contribution in [2.45, 2.75) is 13.8 Å². The molecule has 2 heterocycles. The fourth-order valence-corrected chi connectivity index (χ4v) is 2.23. The van der Waals surface area contributed by atoms with Crippen molar-refractivity contribution in [1.82, 2.24) is 20.2 Å². The van der Waals surface area contributed by atoms with Crippen molar-refractivity contribution in [2.75, 3.05) is 5.73 Å². The van der Waals surface area contributed by atoms with Crippen molar-refractivity contribution in [3.8, 4) is 22.5 Å². The van der Waals surface area contributed by atoms with E-state index in [1.54, 1.807) is 18.3 Å². The minimum atomic E-state index is -0.309. The molecule has 0 saturated heterocycles. The van der Waals surface area contributed by atoms with Crippen LogP contribution in [0.4, 0.5) is 10.3 Å². The average Bonchev–Trinajstić information content (AvgIpc) is 2.51. The minimum absolute atomic E-state index is 0.0755. The zero-order valence-corrected chi connectivity index (χ0v) is 12.2. The Morgan fingerprint density at radius 3 is 2.41 bits per heavy atom. The molecule has 0 unspecified atom stereocenters. The molecule has 22 heavy (non-hydrogen) atoms. The van der Waals surface area contributed by atoms with E-state index in [2.05, 4.69) is 20.2 Å². The number of nitrogens with zero attached hydrogens (tertiary/aromatic N) is 4. The number of hydrogen-bond acceptors (Lipinski definition) is 5. The van der Waals surface area contributed by atoms with E-state index in [0.717, 1.165) is 22.4 Å². The largest absolute Gasteiger partial charge is 0.366 e. The first-order valence-electron chi connectivity index (χ1n) is 6.75. The summed E-state index contributed by atoms with van der Waals surface area (Å²) in [6.45, 7) is 3.89. The highest BCUT2D eigenvalue weighted by Gasteiger charge is 2.15. The van der Waals surface area contributed by atoms with E-state index in [1.807, 2.05) is 19.9 Å². The number of halogens is 1. The van der Waals surface area contributed by atoms with Gasteiger partial charge in [0.1, 0.15) is 17.2 Å². The van der Waals surface area contributed by atoms with Gasteiger partial charge in [0.05, 0.1) is 0 Å². The summed E-state index contributed by atoms with van der Waals surface area (Å²) >= 11 is 0. The first kappa shape index (κ1) is 14.1. The molecule has 0 atom stereocenters. The highest BCUT2D eigenvalue weighted by molar-refractivity contribution is 5.79. The van der Waals surface area contributed by atoms with Crippen LogP contribution in [-0.4, -0.2) is 20.2 Å². The normalized spacial score (nSPS) is 10.7. The van der Waals surface area contributed by atoms with Gasteiger partial charge in [-0.1, -0.05) is 0 Å². The maximum absolute atomic E-state index is 13.1. The van der Waals surface area contributed by atoms with Gasteiger partial charge in [0, 0.05) is 23.0 Å². The van der Waals surface area contributed by atoms with Gasteiger partial charge in [0.25, 0.3) is 0 Å². The highest BCUT2D eigenvalue weighted by atomic mass is 19.1. The molecule has 6 heteroatoms. The Kier molecular flexibility index (Phi) is 3.50. The summed E-state index contributed by atoms with van der Waals surface area (Å²) in [5.74, 6) is -0.234. The lowest BCUT2D eigenvalue weighted by atomic mass is 10.0. The third-order valence-electron chi connectivity index (χ3n) is 3.53. The summed E-state index contributed by atoms with van der Waals surface area (Å²) in [6, 6.07) is 7.90. The molecule has 0 aliphatic carbocycles. The van der Waals surface area contributed by atoms with Gasteiger partial charge in [-0.25, -0.2) is 9.37 Å². The Hall–Kier alpha value is -2.89. The first-order valence-corrected chi connectivity index (χ1v) is 6.75. The van der Waals surface area contributed by atoms with Crippen LogP contribution in [0.5, 0.6) is 0 Å². The summed E-state index contributed by atoms with van der Waals surface area (Å²) in [4.78, 5) is 8.54. The van der Waals surface area contributed by atoms with E-state index in [4.69, 9.17) is 5.73 Å². The second-order valence-electron chi connectivity index (χ2n) is 4.94. The van der Waals surface area contributed by atoms with Gasteiger partial charge in [0.15, 0.2) is 0 Å². The lowest BCUT2D eigenvalue weighted by Gasteiger charge is -2.11. The van der Waals surface area contributed by atoms with Crippen molar-refractivity contribution in [3.63, 3.8) is 0 Å². The van der Waals surface area contributed by atoms with Gasteiger partial charge in [-0.3, -0.25) is 4.98 Å². The van der Waals surface area contributed by atoms with Crippen molar-refractivity contribution < 1.29 is 4.39 Å². The van der Waals surface area contributed by atoms with Gasteiger partial charge >= 0.3 is 0 Å². The van der Waals surface area contributed by atoms with Crippen LogP contribution in [0.15, 0.2) is 36.5 Å². The zero-order chi connectivity index (χ0) is 15.7. The fraction of sp³-hybridized carbons (Fsp3) is 0.125. The summed E-state index contributed by atoms with van der Waals surface area (Å²) < 4.78 is 13.1. The number of aromatic nitrogens is 4. The van der Waals surface area contributed by atoms with Crippen LogP contribution in [0.25, 0.3) is 22.5 Å². The number of anilines is 1. The monoisotopic (exact) mass is 295 g/mol. The standard InChI is InChI=1S/C16H14FN5/c1-9-10(2)19-8-7-13(9)15-14(20-16(18)22-21-15)11-3-5-12(17)6-4-11/h3-8H,1-2H3,(H2,18,20,22). The Labute approximate surface area is 127 Å². The van der Waals surface area contributed by atoms with Gasteiger partial charge in [-0.2, -0.15) is 0 Å². The predicted octanol–water partition coefficient (Wildman–Crippen LogP) is 2.94. The smallest absolute Gasteiger partial charge is 0.240 e. The van der Waals surface area contributed by atoms with Crippen molar-refractivity contribution >= 4 is 5.95 Å². The third kappa shape index (κ3) is 2.50. The lowest BCUT2D eigenvalue weighted by Crippen LogP contribution is -2.03. The van der Waals surface area contributed by atoms with Gasteiger partial charge in [-0.05, 0) is 49.7 Å². The molecule has 0 aliphatic rings. The maximum atomic E-state index is 13.1. The topological polar surface area (TPSA) is 77.6 Å². The number of aryl methyl sites for hydroxylation is 1. The molecular formula is C16H14FN5. The Morgan fingerprint density at radius 2 is 1.68 bits per heavy atom. The van der Waals surface area contributed by atoms with Crippen LogP contribution in [0.3, 0.4) is 0 Å². The number of pyridine rings is 1. The molecule has 2 N–H and O–H groups in total. The second kappa shape index (κ2) is 5.48. The summed E-state index contributed by atoms with van der Waals surface area (Å²) in [5.41, 5.74) is 10.3. The molecule has 0 aliphatic heterocycles. The molecule has 0 spiro atoms. The van der Waals surface area contributed by atoms with E-state index in [1.165, 1.54) is 12.1 Å². The molecule has 0 saturated carbocycles. The van der Waals surface area contributed by atoms with Crippen LogP contribution >= 0.6 is 0 Å². The van der Waals surface area contributed by atoms with Crippen LogP contribution in [-0.2, 0) is 0 Å². The second-order valence-corrected chi connectivity index (χ2v) is 4.94. The van der Waals surface area contributed by atoms with Crippen LogP contribution in [0.1, 0.15) is 11.3 Å². The molecule has 0 radical (unpaired) electrons. The molecule has 5 nitrogen and oxygen atoms in total. The van der Waals surface area contributed by atoms with E-state index in [-0.39, 0.29) is 11.8 Å². The zero-order valence-electron chi connectivity index (χ0n) is 12.2. The molecular weight excluding hydrogens is 281 g/mol. The Bertz CT molecular complexity index is 830. The van der Waals surface area contributed by atoms with Crippen LogP contribution in [0.2, 0.25) is 0 Å². The van der Waals surface area contributed by atoms with Gasteiger partial charge < -0.3 is 5.73 Å². The number of nitrogens with two attached hydrogens (primary N) is 1. The van der Waals surface area contributed by atoms with Gasteiger partial charge in [0.2, 0.25) is 5.95 Å². The van der Waals surface area contributed by atoms with E-state index in [0.29, 0.717) is 11.4 Å². The number of nitrogen functional groups attached to an aromatic ring is 1. The average molecular weight is 295 g/mol. The number of benzene rings is 1. The van der Waals surface area contributed by atoms with Crippen LogP contribution in [0, 0.1) is 19.7 Å². The maximum Gasteiger partial charge on any atom is 0.240 e. The minimum Gasteiger partial charge on any atom is -0.366 e. The SMILES string of the molecule is Cc1nccc(-c2nnc(N)nc2-c2ccc(F)cc2)c1C. The van der Waals surface area contributed by atoms with Crippen molar-refractivity contribution in [3.05, 3.63) is 53.6 Å². The third-order valence-corrected chi connectivity index (χ3v) is 3.53. The van der Waals surface area contributed by atoms with Crippen molar-refractivity contribution in [2.24, 2.45) is 0 Å². The fourth-order valence-electron chi connectivity index (χ4n) is 2.23. The molecule has 2 aromatic heterocycles. The molecule has 0 fully saturated rings. The molecule has 1 aromatic carbocycles. The highest BCUT2D eigenvalue weighted by Crippen LogP contribution is 2.31. The quantitative estimate of drug-likeness (QED) is 0.786. The molecule has 0 bridgehead atoms. The van der Waals surface area contributed by atoms with E-state index >= 15 is 0 Å². The van der Waals surface area contributed by atoms with Crippen LogP contribution < -0.4 is 5.73 Å². The Morgan fingerprint density at radius 1 is 0.955 bits per heavy atom. The number of hydrogen-bond donors (Lipinski definition) is 1. The predicted molar refractivity (Wildman–Crippen MR) is 82.3 cm³/mol. The molecule has 3 aromatic rings. The first-order chi connectivity index (χ1) is 10.6.